The molecule has 0 fully saturated rings. The quantitative estimate of drug-likeness (QED) is 0.240. The maximum Gasteiger partial charge on any atom is 0.274 e. The van der Waals surface area contributed by atoms with E-state index in [-0.39, 0.29) is 10.9 Å². The van der Waals surface area contributed by atoms with Crippen LogP contribution in [-0.4, -0.2) is 37.4 Å². The maximum atomic E-state index is 8.04. The Morgan fingerprint density at radius 2 is 1.18 bits per heavy atom. The van der Waals surface area contributed by atoms with Crippen LogP contribution in [0.3, 0.4) is 0 Å². The summed E-state index contributed by atoms with van der Waals surface area (Å²) in [5.74, 6) is 0. The van der Waals surface area contributed by atoms with Gasteiger partial charge in [0, 0.05) is 6.66 Å². The molecule has 0 aliphatic rings. The second-order valence-corrected chi connectivity index (χ2v) is 9.60. The molecule has 5 N–H and O–H groups in total. The van der Waals surface area contributed by atoms with Gasteiger partial charge in [0.15, 0.2) is 6.49 Å². The third kappa shape index (κ3) is 53.5. The summed E-state index contributed by atoms with van der Waals surface area (Å²) in [5, 5.41) is 0. The Hall–Kier alpha value is 1.23. The SMILES string of the molecule is CP(O)(O)=S.C[SH]=P(O)(O)O. The van der Waals surface area contributed by atoms with E-state index in [0.29, 0.717) is 0 Å². The van der Waals surface area contributed by atoms with Gasteiger partial charge in [-0.1, -0.05) is 0 Å². The van der Waals surface area contributed by atoms with E-state index in [0.717, 1.165) is 0 Å². The molecule has 0 bridgehead atoms. The second kappa shape index (κ2) is 5.80. The molecule has 0 saturated heterocycles. The van der Waals surface area contributed by atoms with E-state index >= 15 is 0 Å². The lowest BCUT2D eigenvalue weighted by molar-refractivity contribution is 0.363. The molecule has 9 heteroatoms. The van der Waals surface area contributed by atoms with Gasteiger partial charge in [-0.25, -0.2) is 0 Å². The molecule has 0 heterocycles. The van der Waals surface area contributed by atoms with Crippen molar-refractivity contribution >= 4 is 36.0 Å². The van der Waals surface area contributed by atoms with Crippen molar-refractivity contribution in [3.63, 3.8) is 0 Å². The third-order valence-corrected chi connectivity index (χ3v) is 2.41. The highest BCUT2D eigenvalue weighted by Crippen LogP contribution is 2.29. The topological polar surface area (TPSA) is 101 Å². The molecular weight excluding hydrogens is 230 g/mol. The minimum Gasteiger partial charge on any atom is -0.345 e. The lowest BCUT2D eigenvalue weighted by Gasteiger charge is -1.95. The van der Waals surface area contributed by atoms with Crippen LogP contribution in [0.25, 0.3) is 0 Å². The normalized spacial score (nSPS) is 11.9. The summed E-state index contributed by atoms with van der Waals surface area (Å²) in [6.45, 7) is -5.01. The fourth-order valence-electron chi connectivity index (χ4n) is 0. The molecule has 0 unspecified atom stereocenters. The van der Waals surface area contributed by atoms with Crippen molar-refractivity contribution in [2.75, 3.05) is 12.9 Å². The van der Waals surface area contributed by atoms with Crippen LogP contribution in [0.2, 0.25) is 0 Å². The summed E-state index contributed by atoms with van der Waals surface area (Å²) in [4.78, 5) is 40.1. The summed E-state index contributed by atoms with van der Waals surface area (Å²) < 4.78 is 0. The fraction of sp³-hybridized carbons (Fsp3) is 1.00. The average molecular weight is 242 g/mol. The molecule has 0 aliphatic heterocycles. The largest absolute Gasteiger partial charge is 0.345 e. The number of thiol groups is 1. The van der Waals surface area contributed by atoms with Gasteiger partial charge < -0.3 is 24.5 Å². The lowest BCUT2D eigenvalue weighted by atomic mass is 12.0. The zero-order valence-corrected chi connectivity index (χ0v) is 9.49. The zero-order valence-electron chi connectivity index (χ0n) is 5.99. The standard InChI is InChI=1S/CH7O3PS.CH5O2PS/c1-6-5(2,3)4;1-4(2,3)5/h2-4,6H,1H3;1H3,(H2,2,3,5). The molecule has 0 saturated carbocycles. The summed E-state index contributed by atoms with van der Waals surface area (Å²) in [6, 6.07) is 0. The van der Waals surface area contributed by atoms with E-state index in [2.05, 4.69) is 11.8 Å². The summed E-state index contributed by atoms with van der Waals surface area (Å²) in [5.41, 5.74) is 0. The van der Waals surface area contributed by atoms with Crippen LogP contribution in [0.1, 0.15) is 0 Å². The maximum absolute atomic E-state index is 8.04. The van der Waals surface area contributed by atoms with E-state index in [1.54, 1.807) is 0 Å². The summed E-state index contributed by atoms with van der Waals surface area (Å²) in [7, 11) is 0.252. The first-order valence-electron chi connectivity index (χ1n) is 2.28. The van der Waals surface area contributed by atoms with Gasteiger partial charge in [0.1, 0.15) is 0 Å². The molecule has 0 atom stereocenters. The predicted molar refractivity (Wildman–Crippen MR) is 52.9 cm³/mol. The van der Waals surface area contributed by atoms with Crippen LogP contribution >= 0.6 is 13.2 Å². The highest BCUT2D eigenvalue weighted by molar-refractivity contribution is 8.16. The van der Waals surface area contributed by atoms with Crippen molar-refractivity contribution in [3.05, 3.63) is 0 Å². The predicted octanol–water partition coefficient (Wildman–Crippen LogP) is -1.00. The van der Waals surface area contributed by atoms with Crippen molar-refractivity contribution < 1.29 is 24.5 Å². The minimum absolute atomic E-state index is 0.252. The van der Waals surface area contributed by atoms with Crippen molar-refractivity contribution in [1.29, 1.82) is 0 Å². The number of hydrogen-bond donors (Lipinski definition) is 6. The number of rotatable bonds is 0. The highest BCUT2D eigenvalue weighted by Gasteiger charge is 1.93. The molecule has 5 nitrogen and oxygen atoms in total. The van der Waals surface area contributed by atoms with Crippen molar-refractivity contribution in [2.45, 2.75) is 0 Å². The monoisotopic (exact) mass is 242 g/mol. The van der Waals surface area contributed by atoms with E-state index in [9.17, 15) is 0 Å². The zero-order chi connectivity index (χ0) is 9.71. The van der Waals surface area contributed by atoms with Crippen LogP contribution in [0, 0.1) is 0 Å². The Morgan fingerprint density at radius 1 is 1.09 bits per heavy atom. The van der Waals surface area contributed by atoms with Crippen molar-refractivity contribution in [3.8, 4) is 0 Å². The van der Waals surface area contributed by atoms with Gasteiger partial charge in [-0.3, -0.25) is 0 Å². The molecule has 72 valence electrons. The third-order valence-electron chi connectivity index (χ3n) is 0.268. The van der Waals surface area contributed by atoms with Crippen LogP contribution in [-0.2, 0) is 22.7 Å². The van der Waals surface area contributed by atoms with Crippen LogP contribution in [0.5, 0.6) is 0 Å². The van der Waals surface area contributed by atoms with Gasteiger partial charge in [-0.2, -0.15) is 0 Å². The molecule has 0 aromatic carbocycles. The molecule has 0 rings (SSSR count). The molecule has 0 radical (unpaired) electrons. The number of hydrogen-bond acceptors (Lipinski definition) is 1. The van der Waals surface area contributed by atoms with Crippen LogP contribution in [0.15, 0.2) is 0 Å². The van der Waals surface area contributed by atoms with Crippen molar-refractivity contribution in [1.82, 2.24) is 0 Å². The van der Waals surface area contributed by atoms with E-state index < -0.39 is 13.2 Å². The Labute approximate surface area is 73.7 Å². The molecule has 11 heavy (non-hydrogen) atoms. The Morgan fingerprint density at radius 3 is 1.18 bits per heavy atom. The van der Waals surface area contributed by atoms with Gasteiger partial charge in [0.05, 0.1) is 0 Å². The van der Waals surface area contributed by atoms with Crippen LogP contribution in [0.4, 0.5) is 0 Å². The molecule has 0 aromatic heterocycles. The molecule has 0 spiro atoms. The van der Waals surface area contributed by atoms with Gasteiger partial charge in [-0.15, -0.1) is 10.9 Å². The fourth-order valence-corrected chi connectivity index (χ4v) is 0. The lowest BCUT2D eigenvalue weighted by Crippen LogP contribution is -1.71. The first kappa shape index (κ1) is 14.7. The van der Waals surface area contributed by atoms with Gasteiger partial charge in [-0.05, 0) is 18.1 Å². The van der Waals surface area contributed by atoms with Gasteiger partial charge >= 0.3 is 0 Å². The Balaban J connectivity index is 0. The van der Waals surface area contributed by atoms with Crippen molar-refractivity contribution in [2.24, 2.45) is 0 Å². The first-order chi connectivity index (χ1) is 4.56. The minimum atomic E-state index is -3.42. The smallest absolute Gasteiger partial charge is 0.274 e. The summed E-state index contributed by atoms with van der Waals surface area (Å²) >= 11 is 4.05. The molecular formula is C2H12O5P2S2. The average Bonchev–Trinajstić information content (AvgIpc) is 1.59. The molecule has 0 aliphatic carbocycles. The Bertz CT molecular complexity index is 174. The Kier molecular flexibility index (Phi) is 7.78. The highest BCUT2D eigenvalue weighted by atomic mass is 32.5. The van der Waals surface area contributed by atoms with Gasteiger partial charge in [0.2, 0.25) is 0 Å². The first-order valence-corrected chi connectivity index (χ1v) is 9.13. The van der Waals surface area contributed by atoms with Gasteiger partial charge in [0.25, 0.3) is 6.72 Å². The second-order valence-electron chi connectivity index (χ2n) is 1.57. The van der Waals surface area contributed by atoms with E-state index in [1.165, 1.54) is 12.9 Å². The van der Waals surface area contributed by atoms with E-state index in [1.807, 2.05) is 0 Å². The van der Waals surface area contributed by atoms with Crippen LogP contribution < -0.4 is 0 Å². The molecule has 0 aromatic rings. The van der Waals surface area contributed by atoms with E-state index in [4.69, 9.17) is 24.5 Å². The summed E-state index contributed by atoms with van der Waals surface area (Å²) in [6.07, 6.45) is 1.48. The molecule has 0 amide bonds.